The lowest BCUT2D eigenvalue weighted by Gasteiger charge is -2.24. The molecule has 0 fully saturated rings. The van der Waals surface area contributed by atoms with Gasteiger partial charge >= 0.3 is 5.97 Å². The number of carbonyl (C=O) groups excluding carboxylic acids is 1. The van der Waals surface area contributed by atoms with Crippen molar-refractivity contribution in [2.45, 2.75) is 13.0 Å². The first kappa shape index (κ1) is 8.84. The molecular formula is C9H13NO2. The van der Waals surface area contributed by atoms with Crippen LogP contribution in [0.15, 0.2) is 23.9 Å². The molecule has 1 rings (SSSR count). The van der Waals surface area contributed by atoms with Crippen molar-refractivity contribution in [1.82, 2.24) is 4.90 Å². The van der Waals surface area contributed by atoms with Crippen molar-refractivity contribution in [3.63, 3.8) is 0 Å². The molecular weight excluding hydrogens is 154 g/mol. The lowest BCUT2D eigenvalue weighted by Crippen LogP contribution is -2.35. The summed E-state index contributed by atoms with van der Waals surface area (Å²) < 4.78 is 4.65. The minimum atomic E-state index is -0.264. The first-order valence-electron chi connectivity index (χ1n) is 3.81. The van der Waals surface area contributed by atoms with Gasteiger partial charge < -0.3 is 9.64 Å². The third-order valence-corrected chi connectivity index (χ3v) is 1.87. The molecule has 1 atom stereocenters. The molecule has 0 spiro atoms. The summed E-state index contributed by atoms with van der Waals surface area (Å²) in [4.78, 5) is 13.0. The number of allylic oxidation sites excluding steroid dienone is 2. The SMILES string of the molecule is COC(=O)C1C=C(C)C=CN1C. The van der Waals surface area contributed by atoms with Crippen LogP contribution in [0.25, 0.3) is 0 Å². The van der Waals surface area contributed by atoms with Crippen LogP contribution in [-0.2, 0) is 9.53 Å². The zero-order valence-electron chi connectivity index (χ0n) is 7.57. The van der Waals surface area contributed by atoms with Crippen LogP contribution in [-0.4, -0.2) is 31.1 Å². The monoisotopic (exact) mass is 167 g/mol. The summed E-state index contributed by atoms with van der Waals surface area (Å²) in [6.45, 7) is 1.96. The average molecular weight is 167 g/mol. The zero-order valence-corrected chi connectivity index (χ0v) is 7.57. The number of likely N-dealkylation sites (N-methyl/N-ethyl adjacent to an activating group) is 1. The molecule has 12 heavy (non-hydrogen) atoms. The molecule has 0 radical (unpaired) electrons. The molecule has 66 valence electrons. The Morgan fingerprint density at radius 2 is 2.33 bits per heavy atom. The molecule has 3 heteroatoms. The molecule has 0 aromatic carbocycles. The second-order valence-electron chi connectivity index (χ2n) is 2.86. The fraction of sp³-hybridized carbons (Fsp3) is 0.444. The van der Waals surface area contributed by atoms with Gasteiger partial charge in [0.1, 0.15) is 6.04 Å². The molecule has 0 saturated carbocycles. The number of esters is 1. The minimum absolute atomic E-state index is 0.221. The molecule has 0 N–H and O–H groups in total. The van der Waals surface area contributed by atoms with E-state index in [4.69, 9.17) is 0 Å². The first-order chi connectivity index (χ1) is 5.65. The Labute approximate surface area is 72.3 Å². The van der Waals surface area contributed by atoms with E-state index in [2.05, 4.69) is 4.74 Å². The van der Waals surface area contributed by atoms with E-state index >= 15 is 0 Å². The van der Waals surface area contributed by atoms with Gasteiger partial charge in [0.15, 0.2) is 0 Å². The molecule has 0 aromatic heterocycles. The van der Waals surface area contributed by atoms with Gasteiger partial charge in [0.25, 0.3) is 0 Å². The lowest BCUT2D eigenvalue weighted by atomic mass is 10.1. The van der Waals surface area contributed by atoms with E-state index in [-0.39, 0.29) is 12.0 Å². The van der Waals surface area contributed by atoms with E-state index in [1.807, 2.05) is 37.2 Å². The number of hydrogen-bond donors (Lipinski definition) is 0. The second-order valence-corrected chi connectivity index (χ2v) is 2.86. The molecule has 0 aliphatic carbocycles. The van der Waals surface area contributed by atoms with E-state index in [0.29, 0.717) is 0 Å². The number of hydrogen-bond acceptors (Lipinski definition) is 3. The number of rotatable bonds is 1. The molecule has 0 amide bonds. The summed E-state index contributed by atoms with van der Waals surface area (Å²) >= 11 is 0. The van der Waals surface area contributed by atoms with Crippen LogP contribution in [0, 0.1) is 0 Å². The fourth-order valence-electron chi connectivity index (χ4n) is 1.11. The summed E-state index contributed by atoms with van der Waals surface area (Å²) in [7, 11) is 3.25. The predicted molar refractivity (Wildman–Crippen MR) is 46.5 cm³/mol. The minimum Gasteiger partial charge on any atom is -0.467 e. The topological polar surface area (TPSA) is 29.5 Å². The van der Waals surface area contributed by atoms with Gasteiger partial charge in [-0.05, 0) is 19.1 Å². The van der Waals surface area contributed by atoms with Crippen LogP contribution in [0.2, 0.25) is 0 Å². The van der Waals surface area contributed by atoms with Crippen LogP contribution in [0.3, 0.4) is 0 Å². The molecule has 0 bridgehead atoms. The van der Waals surface area contributed by atoms with Crippen LogP contribution in [0.4, 0.5) is 0 Å². The Kier molecular flexibility index (Phi) is 2.53. The van der Waals surface area contributed by atoms with Crippen molar-refractivity contribution in [1.29, 1.82) is 0 Å². The average Bonchev–Trinajstić information content (AvgIpc) is 2.08. The normalized spacial score (nSPS) is 22.1. The highest BCUT2D eigenvalue weighted by molar-refractivity contribution is 5.78. The number of ether oxygens (including phenoxy) is 1. The fourth-order valence-corrected chi connectivity index (χ4v) is 1.11. The van der Waals surface area contributed by atoms with Crippen LogP contribution in [0.1, 0.15) is 6.92 Å². The number of nitrogens with zero attached hydrogens (tertiary/aromatic N) is 1. The number of carbonyl (C=O) groups is 1. The highest BCUT2D eigenvalue weighted by atomic mass is 16.5. The van der Waals surface area contributed by atoms with Gasteiger partial charge in [0.05, 0.1) is 7.11 Å². The first-order valence-corrected chi connectivity index (χ1v) is 3.81. The van der Waals surface area contributed by atoms with Crippen molar-refractivity contribution in [3.05, 3.63) is 23.9 Å². The van der Waals surface area contributed by atoms with Crippen molar-refractivity contribution in [3.8, 4) is 0 Å². The van der Waals surface area contributed by atoms with E-state index < -0.39 is 0 Å². The third kappa shape index (κ3) is 1.67. The van der Waals surface area contributed by atoms with Gasteiger partial charge in [-0.15, -0.1) is 0 Å². The van der Waals surface area contributed by atoms with Crippen molar-refractivity contribution in [2.75, 3.05) is 14.2 Å². The van der Waals surface area contributed by atoms with E-state index in [9.17, 15) is 4.79 Å². The summed E-state index contributed by atoms with van der Waals surface area (Å²) in [5, 5.41) is 0. The van der Waals surface area contributed by atoms with Gasteiger partial charge in [0, 0.05) is 13.2 Å². The van der Waals surface area contributed by atoms with Gasteiger partial charge in [-0.1, -0.05) is 5.57 Å². The van der Waals surface area contributed by atoms with Crippen LogP contribution < -0.4 is 0 Å². The Morgan fingerprint density at radius 3 is 2.92 bits per heavy atom. The molecule has 0 saturated heterocycles. The second kappa shape index (κ2) is 3.43. The molecule has 1 unspecified atom stereocenters. The standard InChI is InChI=1S/C9H13NO2/c1-7-4-5-10(2)8(6-7)9(11)12-3/h4-6,8H,1-3H3. The third-order valence-electron chi connectivity index (χ3n) is 1.87. The molecule has 1 aliphatic heterocycles. The highest BCUT2D eigenvalue weighted by Gasteiger charge is 2.21. The van der Waals surface area contributed by atoms with Crippen molar-refractivity contribution >= 4 is 5.97 Å². The molecule has 0 aromatic rings. The van der Waals surface area contributed by atoms with Gasteiger partial charge in [-0.2, -0.15) is 0 Å². The summed E-state index contributed by atoms with van der Waals surface area (Å²) in [6, 6.07) is -0.264. The Bertz CT molecular complexity index is 243. The maximum absolute atomic E-state index is 11.2. The van der Waals surface area contributed by atoms with Gasteiger partial charge in [0.2, 0.25) is 0 Å². The Morgan fingerprint density at radius 1 is 1.67 bits per heavy atom. The quantitative estimate of drug-likeness (QED) is 0.544. The zero-order chi connectivity index (χ0) is 9.14. The Balaban J connectivity index is 2.77. The van der Waals surface area contributed by atoms with Crippen molar-refractivity contribution < 1.29 is 9.53 Å². The number of methoxy groups -OCH3 is 1. The van der Waals surface area contributed by atoms with Crippen LogP contribution >= 0.6 is 0 Å². The van der Waals surface area contributed by atoms with Gasteiger partial charge in [-0.25, -0.2) is 4.79 Å². The highest BCUT2D eigenvalue weighted by Crippen LogP contribution is 2.12. The Hall–Kier alpha value is -1.25. The molecule has 3 nitrogen and oxygen atoms in total. The van der Waals surface area contributed by atoms with Gasteiger partial charge in [-0.3, -0.25) is 0 Å². The largest absolute Gasteiger partial charge is 0.467 e. The van der Waals surface area contributed by atoms with Crippen molar-refractivity contribution in [2.24, 2.45) is 0 Å². The molecule has 1 aliphatic rings. The van der Waals surface area contributed by atoms with Crippen LogP contribution in [0.5, 0.6) is 0 Å². The predicted octanol–water partition coefficient (Wildman–Crippen LogP) is 0.933. The van der Waals surface area contributed by atoms with E-state index in [1.54, 1.807) is 0 Å². The maximum Gasteiger partial charge on any atom is 0.332 e. The summed E-state index contributed by atoms with van der Waals surface area (Å²) in [6.07, 6.45) is 5.71. The smallest absolute Gasteiger partial charge is 0.332 e. The van der Waals surface area contributed by atoms with E-state index in [1.165, 1.54) is 7.11 Å². The lowest BCUT2D eigenvalue weighted by molar-refractivity contribution is -0.143. The molecule has 1 heterocycles. The summed E-state index contributed by atoms with van der Waals surface area (Å²) in [5.41, 5.74) is 1.09. The maximum atomic E-state index is 11.2. The summed E-state index contributed by atoms with van der Waals surface area (Å²) in [5.74, 6) is -0.221. The van der Waals surface area contributed by atoms with E-state index in [0.717, 1.165) is 5.57 Å².